The highest BCUT2D eigenvalue weighted by atomic mass is 16.6. The normalized spacial score (nSPS) is 10.6. The Labute approximate surface area is 112 Å². The van der Waals surface area contributed by atoms with Crippen LogP contribution in [0.5, 0.6) is 0 Å². The minimum atomic E-state index is -1.01. The van der Waals surface area contributed by atoms with Gasteiger partial charge in [0.05, 0.1) is 23.5 Å². The summed E-state index contributed by atoms with van der Waals surface area (Å²) in [5.41, 5.74) is 3.39. The zero-order chi connectivity index (χ0) is 14.5. The van der Waals surface area contributed by atoms with Crippen molar-refractivity contribution in [3.05, 3.63) is 57.8 Å². The van der Waals surface area contributed by atoms with E-state index in [9.17, 15) is 14.9 Å². The summed E-state index contributed by atoms with van der Waals surface area (Å²) < 4.78 is 4.87. The number of nitro groups is 1. The summed E-state index contributed by atoms with van der Waals surface area (Å²) in [6.45, 7) is 0. The number of nitrogens with zero attached hydrogens (tertiary/aromatic N) is 2. The molecule has 0 aliphatic heterocycles. The molecule has 1 aromatic carbocycles. The molecule has 0 spiro atoms. The molecule has 2 aromatic rings. The van der Waals surface area contributed by atoms with Crippen molar-refractivity contribution in [3.63, 3.8) is 0 Å². The van der Waals surface area contributed by atoms with Gasteiger partial charge < -0.3 is 9.52 Å². The SMILES string of the molecule is O=C(O)c1ccc(NN=Cc2ccc([N+](=O)[O-])o2)cc1. The van der Waals surface area contributed by atoms with Gasteiger partial charge in [-0.2, -0.15) is 5.10 Å². The molecule has 0 unspecified atom stereocenters. The first-order chi connectivity index (χ1) is 9.56. The van der Waals surface area contributed by atoms with E-state index >= 15 is 0 Å². The van der Waals surface area contributed by atoms with Crippen LogP contribution >= 0.6 is 0 Å². The van der Waals surface area contributed by atoms with E-state index in [1.54, 1.807) is 12.1 Å². The number of nitrogens with one attached hydrogen (secondary N) is 1. The summed E-state index contributed by atoms with van der Waals surface area (Å²) in [6.07, 6.45) is 1.28. The number of anilines is 1. The molecule has 0 aliphatic carbocycles. The molecule has 0 fully saturated rings. The third kappa shape index (κ3) is 3.19. The van der Waals surface area contributed by atoms with Crippen LogP contribution in [0.3, 0.4) is 0 Å². The van der Waals surface area contributed by atoms with Crippen LogP contribution in [0, 0.1) is 10.1 Å². The maximum atomic E-state index is 10.7. The highest BCUT2D eigenvalue weighted by molar-refractivity contribution is 5.88. The van der Waals surface area contributed by atoms with Crippen molar-refractivity contribution in [2.75, 3.05) is 5.43 Å². The topological polar surface area (TPSA) is 118 Å². The second-order valence-electron chi connectivity index (χ2n) is 3.69. The number of carboxylic acids is 1. The molecule has 0 bridgehead atoms. The number of rotatable bonds is 5. The number of furan rings is 1. The van der Waals surface area contributed by atoms with Crippen LogP contribution in [0.25, 0.3) is 0 Å². The van der Waals surface area contributed by atoms with Gasteiger partial charge in [-0.1, -0.05) is 0 Å². The molecule has 8 nitrogen and oxygen atoms in total. The summed E-state index contributed by atoms with van der Waals surface area (Å²) >= 11 is 0. The van der Waals surface area contributed by atoms with Gasteiger partial charge in [-0.05, 0) is 30.3 Å². The van der Waals surface area contributed by atoms with Crippen molar-refractivity contribution < 1.29 is 19.2 Å². The molecule has 0 saturated heterocycles. The first-order valence-corrected chi connectivity index (χ1v) is 5.43. The number of hydrazone groups is 1. The van der Waals surface area contributed by atoms with Crippen LogP contribution in [0.2, 0.25) is 0 Å². The highest BCUT2D eigenvalue weighted by Gasteiger charge is 2.10. The molecule has 20 heavy (non-hydrogen) atoms. The first-order valence-electron chi connectivity index (χ1n) is 5.43. The lowest BCUT2D eigenvalue weighted by atomic mass is 10.2. The van der Waals surface area contributed by atoms with E-state index in [1.807, 2.05) is 0 Å². The average Bonchev–Trinajstić information content (AvgIpc) is 2.88. The minimum Gasteiger partial charge on any atom is -0.478 e. The average molecular weight is 275 g/mol. The van der Waals surface area contributed by atoms with E-state index in [0.29, 0.717) is 5.69 Å². The lowest BCUT2D eigenvalue weighted by Crippen LogP contribution is -1.96. The fourth-order valence-corrected chi connectivity index (χ4v) is 1.37. The summed E-state index contributed by atoms with van der Waals surface area (Å²) in [4.78, 5) is 20.4. The number of hydrogen-bond donors (Lipinski definition) is 2. The van der Waals surface area contributed by atoms with Crippen LogP contribution in [0.15, 0.2) is 45.9 Å². The second-order valence-corrected chi connectivity index (χ2v) is 3.69. The Balaban J connectivity index is 1.98. The quantitative estimate of drug-likeness (QED) is 0.491. The number of hydrogen-bond acceptors (Lipinski definition) is 6. The highest BCUT2D eigenvalue weighted by Crippen LogP contribution is 2.14. The van der Waals surface area contributed by atoms with E-state index < -0.39 is 10.9 Å². The number of carbonyl (C=O) groups is 1. The van der Waals surface area contributed by atoms with Gasteiger partial charge >= 0.3 is 11.9 Å². The van der Waals surface area contributed by atoms with Crippen LogP contribution < -0.4 is 5.43 Å². The fourth-order valence-electron chi connectivity index (χ4n) is 1.37. The van der Waals surface area contributed by atoms with E-state index in [0.717, 1.165) is 0 Å². The van der Waals surface area contributed by atoms with Crippen molar-refractivity contribution in [3.8, 4) is 0 Å². The van der Waals surface area contributed by atoms with Gasteiger partial charge in [0, 0.05) is 0 Å². The van der Waals surface area contributed by atoms with Crippen LogP contribution in [0.4, 0.5) is 11.6 Å². The van der Waals surface area contributed by atoms with Crippen molar-refractivity contribution >= 4 is 23.8 Å². The van der Waals surface area contributed by atoms with Crippen molar-refractivity contribution in [1.29, 1.82) is 0 Å². The van der Waals surface area contributed by atoms with Gasteiger partial charge in [0.15, 0.2) is 5.76 Å². The van der Waals surface area contributed by atoms with Crippen LogP contribution in [0.1, 0.15) is 16.1 Å². The van der Waals surface area contributed by atoms with Crippen molar-refractivity contribution in [2.45, 2.75) is 0 Å². The van der Waals surface area contributed by atoms with Gasteiger partial charge in [0.25, 0.3) is 0 Å². The lowest BCUT2D eigenvalue weighted by molar-refractivity contribution is -0.402. The Kier molecular flexibility index (Phi) is 3.75. The van der Waals surface area contributed by atoms with E-state index in [1.165, 1.54) is 30.5 Å². The molecule has 1 aromatic heterocycles. The maximum absolute atomic E-state index is 10.7. The van der Waals surface area contributed by atoms with Gasteiger partial charge in [-0.25, -0.2) is 4.79 Å². The molecule has 0 radical (unpaired) electrons. The molecule has 8 heteroatoms. The zero-order valence-electron chi connectivity index (χ0n) is 10.0. The molecule has 0 atom stereocenters. The number of benzene rings is 1. The molecular weight excluding hydrogens is 266 g/mol. The van der Waals surface area contributed by atoms with Crippen molar-refractivity contribution in [2.24, 2.45) is 5.10 Å². The first kappa shape index (κ1) is 13.3. The molecule has 2 N–H and O–H groups in total. The Morgan fingerprint density at radius 1 is 1.30 bits per heavy atom. The molecule has 0 aliphatic rings. The molecule has 102 valence electrons. The van der Waals surface area contributed by atoms with E-state index in [2.05, 4.69) is 10.5 Å². The van der Waals surface area contributed by atoms with Gasteiger partial charge in [-0.15, -0.1) is 0 Å². The second kappa shape index (κ2) is 5.65. The monoisotopic (exact) mass is 275 g/mol. The third-order valence-electron chi connectivity index (χ3n) is 2.31. The Hall–Kier alpha value is -3.16. The molecule has 1 heterocycles. The lowest BCUT2D eigenvalue weighted by Gasteiger charge is -1.99. The third-order valence-corrected chi connectivity index (χ3v) is 2.31. The van der Waals surface area contributed by atoms with Gasteiger partial charge in [0.1, 0.15) is 4.92 Å². The fraction of sp³-hybridized carbons (Fsp3) is 0. The summed E-state index contributed by atoms with van der Waals surface area (Å²) in [6, 6.07) is 8.59. The predicted molar refractivity (Wildman–Crippen MR) is 70.0 cm³/mol. The van der Waals surface area contributed by atoms with Crippen LogP contribution in [-0.2, 0) is 0 Å². The number of carboxylic acid groups (broad SMARTS) is 1. The zero-order valence-corrected chi connectivity index (χ0v) is 10.0. The number of aromatic carboxylic acids is 1. The Bertz CT molecular complexity index is 660. The van der Waals surface area contributed by atoms with Gasteiger partial charge in [-0.3, -0.25) is 15.5 Å². The largest absolute Gasteiger partial charge is 0.478 e. The molecule has 0 saturated carbocycles. The van der Waals surface area contributed by atoms with E-state index in [4.69, 9.17) is 9.52 Å². The summed E-state index contributed by atoms with van der Waals surface area (Å²) in [7, 11) is 0. The summed E-state index contributed by atoms with van der Waals surface area (Å²) in [5, 5.41) is 23.0. The Morgan fingerprint density at radius 2 is 2.00 bits per heavy atom. The van der Waals surface area contributed by atoms with Crippen molar-refractivity contribution in [1.82, 2.24) is 0 Å². The maximum Gasteiger partial charge on any atom is 0.433 e. The van der Waals surface area contributed by atoms with Gasteiger partial charge in [0.2, 0.25) is 0 Å². The predicted octanol–water partition coefficient (Wildman–Crippen LogP) is 2.33. The molecule has 0 amide bonds. The standard InChI is InChI=1S/C12H9N3O5/c16-12(17)8-1-3-9(4-2-8)14-13-7-10-5-6-11(20-10)15(18)19/h1-7,14H,(H,16,17). The molecular formula is C12H9N3O5. The minimum absolute atomic E-state index is 0.168. The van der Waals surface area contributed by atoms with E-state index in [-0.39, 0.29) is 17.2 Å². The molecule has 2 rings (SSSR count). The smallest absolute Gasteiger partial charge is 0.433 e. The summed E-state index contributed by atoms with van der Waals surface area (Å²) in [5.74, 6) is -1.15. The Morgan fingerprint density at radius 3 is 2.55 bits per heavy atom. The van der Waals surface area contributed by atoms with Crippen LogP contribution in [-0.4, -0.2) is 22.2 Å².